The van der Waals surface area contributed by atoms with Crippen LogP contribution in [0, 0.1) is 12.7 Å². The molecule has 1 N–H and O–H groups in total. The van der Waals surface area contributed by atoms with Gasteiger partial charge in [-0.05, 0) is 80.3 Å². The summed E-state index contributed by atoms with van der Waals surface area (Å²) in [5.41, 5.74) is 1.54. The van der Waals surface area contributed by atoms with E-state index in [0.29, 0.717) is 11.3 Å². The van der Waals surface area contributed by atoms with Crippen LogP contribution in [0.25, 0.3) is 11.4 Å². The highest BCUT2D eigenvalue weighted by molar-refractivity contribution is 7.10. The van der Waals surface area contributed by atoms with Crippen molar-refractivity contribution in [2.45, 2.75) is 45.8 Å². The van der Waals surface area contributed by atoms with E-state index in [-0.39, 0.29) is 30.0 Å². The number of carbonyl (C=O) groups is 2. The van der Waals surface area contributed by atoms with E-state index in [2.05, 4.69) is 20.7 Å². The molecule has 2 aromatic carbocycles. The molecular weight excluding hydrogens is 479 g/mol. The van der Waals surface area contributed by atoms with Gasteiger partial charge >= 0.3 is 0 Å². The predicted molar refractivity (Wildman–Crippen MR) is 137 cm³/mol. The summed E-state index contributed by atoms with van der Waals surface area (Å²) in [5, 5.41) is 17.2. The van der Waals surface area contributed by atoms with Gasteiger partial charge in [-0.15, -0.1) is 21.5 Å². The van der Waals surface area contributed by atoms with Crippen LogP contribution >= 0.6 is 11.3 Å². The molecule has 8 nitrogen and oxygen atoms in total. The number of amides is 2. The summed E-state index contributed by atoms with van der Waals surface area (Å²) in [5.74, 6) is -0.774. The fraction of sp³-hybridized carbons (Fsp3) is 0.269. The van der Waals surface area contributed by atoms with Crippen molar-refractivity contribution < 1.29 is 14.0 Å². The van der Waals surface area contributed by atoms with Gasteiger partial charge in [0, 0.05) is 21.7 Å². The molecule has 2 aromatic heterocycles. The summed E-state index contributed by atoms with van der Waals surface area (Å²) >= 11 is 1.40. The molecule has 4 rings (SSSR count). The third-order valence-corrected chi connectivity index (χ3v) is 6.22. The van der Waals surface area contributed by atoms with Crippen molar-refractivity contribution in [2.24, 2.45) is 0 Å². The van der Waals surface area contributed by atoms with Crippen molar-refractivity contribution in [3.8, 4) is 11.4 Å². The van der Waals surface area contributed by atoms with E-state index >= 15 is 0 Å². The molecule has 36 heavy (non-hydrogen) atoms. The van der Waals surface area contributed by atoms with Gasteiger partial charge in [0.2, 0.25) is 11.7 Å². The zero-order chi connectivity index (χ0) is 25.9. The molecule has 0 spiro atoms. The number of hydrogen-bond donors (Lipinski definition) is 1. The van der Waals surface area contributed by atoms with Crippen LogP contribution in [0.5, 0.6) is 0 Å². The molecule has 1 unspecified atom stereocenters. The van der Waals surface area contributed by atoms with E-state index in [0.717, 1.165) is 10.4 Å². The van der Waals surface area contributed by atoms with E-state index in [9.17, 15) is 14.0 Å². The Bertz CT molecular complexity index is 1350. The maximum Gasteiger partial charge on any atom is 0.251 e. The van der Waals surface area contributed by atoms with E-state index in [1.807, 2.05) is 69.5 Å². The third kappa shape index (κ3) is 5.83. The second-order valence-electron chi connectivity index (χ2n) is 9.36. The number of nitrogens with one attached hydrogen (secondary N) is 1. The normalized spacial score (nSPS) is 12.2. The summed E-state index contributed by atoms with van der Waals surface area (Å²) in [6.45, 7) is 7.34. The lowest BCUT2D eigenvalue weighted by molar-refractivity contribution is -0.128. The fourth-order valence-corrected chi connectivity index (χ4v) is 4.54. The maximum atomic E-state index is 13.8. The second kappa shape index (κ2) is 10.4. The molecule has 0 fully saturated rings. The van der Waals surface area contributed by atoms with Crippen LogP contribution < -0.4 is 10.2 Å². The minimum Gasteiger partial charge on any atom is -0.349 e. The molecule has 2 amide bonds. The third-order valence-electron chi connectivity index (χ3n) is 5.29. The van der Waals surface area contributed by atoms with Crippen molar-refractivity contribution in [1.29, 1.82) is 0 Å². The number of benzene rings is 2. The Morgan fingerprint density at radius 1 is 1.08 bits per heavy atom. The number of halogens is 1. The highest BCUT2D eigenvalue weighted by Crippen LogP contribution is 2.33. The van der Waals surface area contributed by atoms with Crippen molar-refractivity contribution in [1.82, 2.24) is 25.5 Å². The van der Waals surface area contributed by atoms with Gasteiger partial charge in [-0.1, -0.05) is 24.3 Å². The Morgan fingerprint density at radius 3 is 2.44 bits per heavy atom. The zero-order valence-electron chi connectivity index (χ0n) is 20.5. The molecule has 10 heteroatoms. The van der Waals surface area contributed by atoms with E-state index in [1.165, 1.54) is 33.2 Å². The standard InChI is InChI=1S/C26H27FN6O2S/c1-17-8-5-6-9-20(17)33(23(21-10-7-15-36-21)25(35)28-26(2,3)4)22(34)16-32-30-24(29-31-32)18-11-13-19(27)14-12-18/h5-15,23H,16H2,1-4H3,(H,28,35). The Labute approximate surface area is 212 Å². The number of para-hydroxylation sites is 1. The Hall–Kier alpha value is -3.92. The second-order valence-corrected chi connectivity index (χ2v) is 10.3. The monoisotopic (exact) mass is 506 g/mol. The summed E-state index contributed by atoms with van der Waals surface area (Å²) in [6.07, 6.45) is 0. The largest absolute Gasteiger partial charge is 0.349 e. The van der Waals surface area contributed by atoms with E-state index in [4.69, 9.17) is 0 Å². The molecule has 0 saturated heterocycles. The highest BCUT2D eigenvalue weighted by Gasteiger charge is 2.36. The summed E-state index contributed by atoms with van der Waals surface area (Å²) in [4.78, 5) is 30.8. The summed E-state index contributed by atoms with van der Waals surface area (Å²) in [6, 6.07) is 15.9. The lowest BCUT2D eigenvalue weighted by atomic mass is 10.0. The van der Waals surface area contributed by atoms with Crippen LogP contribution in [0.15, 0.2) is 66.0 Å². The van der Waals surface area contributed by atoms with Crippen LogP contribution in [0.4, 0.5) is 10.1 Å². The van der Waals surface area contributed by atoms with Crippen LogP contribution in [0.1, 0.15) is 37.3 Å². The van der Waals surface area contributed by atoms with Gasteiger partial charge in [0.25, 0.3) is 5.91 Å². The van der Waals surface area contributed by atoms with Crippen LogP contribution in [0.2, 0.25) is 0 Å². The summed E-state index contributed by atoms with van der Waals surface area (Å²) < 4.78 is 13.3. The van der Waals surface area contributed by atoms with Crippen LogP contribution in [0.3, 0.4) is 0 Å². The van der Waals surface area contributed by atoms with Gasteiger partial charge in [-0.2, -0.15) is 4.80 Å². The van der Waals surface area contributed by atoms with Crippen molar-refractivity contribution in [3.05, 3.63) is 82.3 Å². The van der Waals surface area contributed by atoms with Crippen molar-refractivity contribution in [2.75, 3.05) is 4.90 Å². The van der Waals surface area contributed by atoms with Crippen LogP contribution in [-0.2, 0) is 16.1 Å². The molecule has 186 valence electrons. The minimum absolute atomic E-state index is 0.243. The lowest BCUT2D eigenvalue weighted by Gasteiger charge is -2.33. The Morgan fingerprint density at radius 2 is 1.81 bits per heavy atom. The van der Waals surface area contributed by atoms with E-state index < -0.39 is 11.6 Å². The van der Waals surface area contributed by atoms with Gasteiger partial charge < -0.3 is 5.32 Å². The number of tetrazole rings is 1. The predicted octanol–water partition coefficient (Wildman–Crippen LogP) is 4.54. The quantitative estimate of drug-likeness (QED) is 0.397. The first-order valence-corrected chi connectivity index (χ1v) is 12.3. The molecule has 2 heterocycles. The molecule has 0 aliphatic carbocycles. The van der Waals surface area contributed by atoms with Gasteiger partial charge in [0.15, 0.2) is 0 Å². The first-order valence-electron chi connectivity index (χ1n) is 11.4. The number of rotatable bonds is 7. The average Bonchev–Trinajstić information content (AvgIpc) is 3.50. The number of aromatic nitrogens is 4. The molecule has 0 radical (unpaired) electrons. The van der Waals surface area contributed by atoms with Crippen molar-refractivity contribution >= 4 is 28.8 Å². The first kappa shape index (κ1) is 25.2. The maximum absolute atomic E-state index is 13.8. The first-order chi connectivity index (χ1) is 17.1. The molecule has 0 aliphatic heterocycles. The lowest BCUT2D eigenvalue weighted by Crippen LogP contribution is -2.50. The number of aryl methyl sites for hydroxylation is 1. The van der Waals surface area contributed by atoms with Gasteiger partial charge in [0.1, 0.15) is 18.4 Å². The number of anilines is 1. The number of hydrogen-bond acceptors (Lipinski definition) is 6. The van der Waals surface area contributed by atoms with Crippen LogP contribution in [-0.4, -0.2) is 37.6 Å². The van der Waals surface area contributed by atoms with Crippen molar-refractivity contribution in [3.63, 3.8) is 0 Å². The molecule has 4 aromatic rings. The highest BCUT2D eigenvalue weighted by atomic mass is 32.1. The van der Waals surface area contributed by atoms with Gasteiger partial charge in [-0.3, -0.25) is 14.5 Å². The molecule has 0 saturated carbocycles. The SMILES string of the molecule is Cc1ccccc1N(C(=O)Cn1nnc(-c2ccc(F)cc2)n1)C(C(=O)NC(C)(C)C)c1cccs1. The van der Waals surface area contributed by atoms with E-state index in [1.54, 1.807) is 12.1 Å². The molecule has 0 bridgehead atoms. The molecule has 0 aliphatic rings. The molecule has 1 atom stereocenters. The molecular formula is C26H27FN6O2S. The number of nitrogens with zero attached hydrogens (tertiary/aromatic N) is 5. The smallest absolute Gasteiger partial charge is 0.251 e. The fourth-order valence-electron chi connectivity index (χ4n) is 3.73. The Kier molecular flexibility index (Phi) is 7.25. The zero-order valence-corrected chi connectivity index (χ0v) is 21.3. The average molecular weight is 507 g/mol. The van der Waals surface area contributed by atoms with Gasteiger partial charge in [0.05, 0.1) is 0 Å². The summed E-state index contributed by atoms with van der Waals surface area (Å²) in [7, 11) is 0. The Balaban J connectivity index is 1.71. The minimum atomic E-state index is -0.891. The van der Waals surface area contributed by atoms with Gasteiger partial charge in [-0.25, -0.2) is 4.39 Å². The topological polar surface area (TPSA) is 93.0 Å². The number of thiophene rings is 1. The number of carbonyl (C=O) groups excluding carboxylic acids is 2.